The van der Waals surface area contributed by atoms with E-state index in [1.165, 1.54) is 6.07 Å². The molecular formula is C20H24O8. The van der Waals surface area contributed by atoms with Crippen molar-refractivity contribution in [3.8, 4) is 0 Å². The zero-order chi connectivity index (χ0) is 21.4. The predicted molar refractivity (Wildman–Crippen MR) is 100 cm³/mol. The number of ether oxygens (including phenoxy) is 2. The molecule has 0 saturated carbocycles. The van der Waals surface area contributed by atoms with E-state index in [9.17, 15) is 24.3 Å². The SMILES string of the molecule is CCC(C)OC(=O)C(=Cc1ccc(C(=O)O)c(C(=O)O)c1)C(=O)OC(C)CC. The molecule has 152 valence electrons. The standard InChI is InChI=1S/C20H24O8/c1-5-11(3)27-19(25)16(20(26)28-12(4)6-2)10-13-7-8-14(17(21)22)15(9-13)18(23)24/h7-12H,5-6H2,1-4H3,(H,21,22)(H,23,24). The highest BCUT2D eigenvalue weighted by atomic mass is 16.6. The molecule has 8 heteroatoms. The van der Waals surface area contributed by atoms with Crippen LogP contribution in [0, 0.1) is 0 Å². The van der Waals surface area contributed by atoms with Gasteiger partial charge in [-0.25, -0.2) is 19.2 Å². The van der Waals surface area contributed by atoms with Crippen LogP contribution >= 0.6 is 0 Å². The topological polar surface area (TPSA) is 127 Å². The Labute approximate surface area is 162 Å². The number of hydrogen-bond donors (Lipinski definition) is 2. The maximum absolute atomic E-state index is 12.4. The average Bonchev–Trinajstić information content (AvgIpc) is 2.64. The van der Waals surface area contributed by atoms with Gasteiger partial charge in [-0.2, -0.15) is 0 Å². The Morgan fingerprint density at radius 3 is 1.75 bits per heavy atom. The van der Waals surface area contributed by atoms with Crippen LogP contribution in [0.4, 0.5) is 0 Å². The zero-order valence-electron chi connectivity index (χ0n) is 16.2. The molecule has 1 rings (SSSR count). The number of rotatable bonds is 9. The molecule has 1 aromatic rings. The fourth-order valence-corrected chi connectivity index (χ4v) is 2.04. The van der Waals surface area contributed by atoms with E-state index in [4.69, 9.17) is 14.6 Å². The van der Waals surface area contributed by atoms with E-state index in [2.05, 4.69) is 0 Å². The lowest BCUT2D eigenvalue weighted by molar-refractivity contribution is -0.151. The van der Waals surface area contributed by atoms with Crippen molar-refractivity contribution in [1.29, 1.82) is 0 Å². The summed E-state index contributed by atoms with van der Waals surface area (Å²) in [6.45, 7) is 6.95. The number of carboxylic acid groups (broad SMARTS) is 2. The van der Waals surface area contributed by atoms with Crippen molar-refractivity contribution >= 4 is 30.0 Å². The lowest BCUT2D eigenvalue weighted by atomic mass is 10.0. The van der Waals surface area contributed by atoms with Crippen molar-refractivity contribution in [2.24, 2.45) is 0 Å². The fourth-order valence-electron chi connectivity index (χ4n) is 2.04. The third-order valence-electron chi connectivity index (χ3n) is 4.02. The van der Waals surface area contributed by atoms with Gasteiger partial charge >= 0.3 is 23.9 Å². The summed E-state index contributed by atoms with van der Waals surface area (Å²) in [5.41, 5.74) is -1.12. The first-order valence-corrected chi connectivity index (χ1v) is 8.84. The molecular weight excluding hydrogens is 368 g/mol. The van der Waals surface area contributed by atoms with Crippen molar-refractivity contribution in [2.75, 3.05) is 0 Å². The Morgan fingerprint density at radius 2 is 1.36 bits per heavy atom. The van der Waals surface area contributed by atoms with Gasteiger partial charge in [0.1, 0.15) is 5.57 Å². The van der Waals surface area contributed by atoms with E-state index in [-0.39, 0.29) is 5.56 Å². The molecule has 0 aliphatic rings. The number of esters is 2. The Hall–Kier alpha value is -3.16. The second-order valence-corrected chi connectivity index (χ2v) is 6.22. The van der Waals surface area contributed by atoms with Gasteiger partial charge in [0.15, 0.2) is 0 Å². The second kappa shape index (κ2) is 10.2. The minimum Gasteiger partial charge on any atom is -0.478 e. The summed E-state index contributed by atoms with van der Waals surface area (Å²) in [6, 6.07) is 3.46. The summed E-state index contributed by atoms with van der Waals surface area (Å²) in [6.07, 6.45) is 1.34. The number of carboxylic acids is 2. The van der Waals surface area contributed by atoms with Crippen LogP contribution in [0.5, 0.6) is 0 Å². The molecule has 0 aliphatic carbocycles. The van der Waals surface area contributed by atoms with E-state index in [1.807, 2.05) is 13.8 Å². The third kappa shape index (κ3) is 6.22. The van der Waals surface area contributed by atoms with Gasteiger partial charge in [-0.15, -0.1) is 0 Å². The van der Waals surface area contributed by atoms with E-state index in [0.29, 0.717) is 12.8 Å². The Kier molecular flexibility index (Phi) is 8.37. The summed E-state index contributed by atoms with van der Waals surface area (Å²) >= 11 is 0. The Balaban J connectivity index is 3.39. The van der Waals surface area contributed by atoms with Crippen molar-refractivity contribution in [1.82, 2.24) is 0 Å². The predicted octanol–water partition coefficient (Wildman–Crippen LogP) is 3.15. The highest BCUT2D eigenvalue weighted by molar-refractivity contribution is 6.18. The molecule has 2 unspecified atom stereocenters. The van der Waals surface area contributed by atoms with Crippen LogP contribution in [0.25, 0.3) is 6.08 Å². The van der Waals surface area contributed by atoms with Crippen LogP contribution in [-0.4, -0.2) is 46.3 Å². The molecule has 0 fully saturated rings. The highest BCUT2D eigenvalue weighted by Crippen LogP contribution is 2.18. The first-order valence-electron chi connectivity index (χ1n) is 8.84. The van der Waals surface area contributed by atoms with Crippen LogP contribution < -0.4 is 0 Å². The van der Waals surface area contributed by atoms with Gasteiger partial charge in [0.05, 0.1) is 23.3 Å². The first kappa shape index (κ1) is 22.9. The quantitative estimate of drug-likeness (QED) is 0.284. The van der Waals surface area contributed by atoms with Crippen molar-refractivity contribution in [3.05, 3.63) is 40.5 Å². The number of carbonyl (C=O) groups excluding carboxylic acids is 2. The van der Waals surface area contributed by atoms with Gasteiger partial charge < -0.3 is 19.7 Å². The number of carbonyl (C=O) groups is 4. The molecule has 0 bridgehead atoms. The summed E-state index contributed by atoms with van der Waals surface area (Å²) in [5, 5.41) is 18.3. The maximum atomic E-state index is 12.4. The van der Waals surface area contributed by atoms with Crippen LogP contribution in [0.15, 0.2) is 23.8 Å². The molecule has 0 radical (unpaired) electrons. The van der Waals surface area contributed by atoms with Gasteiger partial charge in [-0.1, -0.05) is 19.9 Å². The van der Waals surface area contributed by atoms with E-state index in [0.717, 1.165) is 18.2 Å². The van der Waals surface area contributed by atoms with E-state index in [1.54, 1.807) is 13.8 Å². The van der Waals surface area contributed by atoms with Crippen molar-refractivity contribution in [2.45, 2.75) is 52.7 Å². The second-order valence-electron chi connectivity index (χ2n) is 6.22. The molecule has 0 amide bonds. The number of hydrogen-bond acceptors (Lipinski definition) is 6. The first-order chi connectivity index (χ1) is 13.1. The maximum Gasteiger partial charge on any atom is 0.345 e. The number of benzene rings is 1. The Morgan fingerprint density at radius 1 is 0.893 bits per heavy atom. The molecule has 0 spiro atoms. The lowest BCUT2D eigenvalue weighted by Crippen LogP contribution is -2.24. The molecule has 0 saturated heterocycles. The van der Waals surface area contributed by atoms with Crippen LogP contribution in [0.2, 0.25) is 0 Å². The summed E-state index contributed by atoms with van der Waals surface area (Å²) in [4.78, 5) is 47.3. The smallest absolute Gasteiger partial charge is 0.345 e. The van der Waals surface area contributed by atoms with Crippen LogP contribution in [-0.2, 0) is 19.1 Å². The third-order valence-corrected chi connectivity index (χ3v) is 4.02. The molecule has 2 N–H and O–H groups in total. The minimum atomic E-state index is -1.45. The average molecular weight is 392 g/mol. The molecule has 2 atom stereocenters. The summed E-state index contributed by atoms with van der Waals surface area (Å²) in [7, 11) is 0. The summed E-state index contributed by atoms with van der Waals surface area (Å²) < 4.78 is 10.4. The molecule has 1 aromatic carbocycles. The lowest BCUT2D eigenvalue weighted by Gasteiger charge is -2.15. The normalized spacial score (nSPS) is 12.4. The minimum absolute atomic E-state index is 0.152. The van der Waals surface area contributed by atoms with Crippen LogP contribution in [0.1, 0.15) is 66.8 Å². The zero-order valence-corrected chi connectivity index (χ0v) is 16.2. The van der Waals surface area contributed by atoms with Gasteiger partial charge in [-0.3, -0.25) is 0 Å². The number of aromatic carboxylic acids is 2. The van der Waals surface area contributed by atoms with Crippen LogP contribution in [0.3, 0.4) is 0 Å². The van der Waals surface area contributed by atoms with Crippen molar-refractivity contribution < 1.29 is 38.9 Å². The highest BCUT2D eigenvalue weighted by Gasteiger charge is 2.25. The van der Waals surface area contributed by atoms with E-state index >= 15 is 0 Å². The van der Waals surface area contributed by atoms with Gasteiger partial charge in [0.2, 0.25) is 0 Å². The molecule has 28 heavy (non-hydrogen) atoms. The van der Waals surface area contributed by atoms with Gasteiger partial charge in [-0.05, 0) is 50.5 Å². The fraction of sp³-hybridized carbons (Fsp3) is 0.400. The van der Waals surface area contributed by atoms with Gasteiger partial charge in [0.25, 0.3) is 0 Å². The molecule has 0 aliphatic heterocycles. The van der Waals surface area contributed by atoms with E-state index < -0.39 is 52.8 Å². The Bertz CT molecular complexity index is 767. The van der Waals surface area contributed by atoms with Crippen molar-refractivity contribution in [3.63, 3.8) is 0 Å². The largest absolute Gasteiger partial charge is 0.478 e. The van der Waals surface area contributed by atoms with Gasteiger partial charge in [0, 0.05) is 0 Å². The molecule has 8 nitrogen and oxygen atoms in total. The molecule has 0 heterocycles. The monoisotopic (exact) mass is 392 g/mol. The summed E-state index contributed by atoms with van der Waals surface area (Å²) in [5.74, 6) is -4.65. The molecule has 0 aromatic heterocycles.